The fourth-order valence-electron chi connectivity index (χ4n) is 1.28. The van der Waals surface area contributed by atoms with E-state index in [9.17, 15) is 16.8 Å². The molecule has 0 spiro atoms. The first-order valence-electron chi connectivity index (χ1n) is 5.40. The predicted molar refractivity (Wildman–Crippen MR) is 70.4 cm³/mol. The number of benzene rings is 1. The fourth-order valence-corrected chi connectivity index (χ4v) is 2.77. The standard InChI is InChI=1S/C11H17NO4S2/c1-9(2)18(15,16)11-6-4-10(5-7-11)8-12-17(3,13)14/h4-7,9,12H,8H2,1-3H3. The van der Waals surface area contributed by atoms with Crippen molar-refractivity contribution in [2.75, 3.05) is 6.26 Å². The second-order valence-electron chi connectivity index (χ2n) is 4.33. The minimum Gasteiger partial charge on any atom is -0.223 e. The van der Waals surface area contributed by atoms with Gasteiger partial charge in [0.15, 0.2) is 9.84 Å². The van der Waals surface area contributed by atoms with Crippen molar-refractivity contribution in [2.45, 2.75) is 30.5 Å². The van der Waals surface area contributed by atoms with Crippen LogP contribution in [0.25, 0.3) is 0 Å². The molecule has 0 amide bonds. The van der Waals surface area contributed by atoms with Crippen molar-refractivity contribution in [3.05, 3.63) is 29.8 Å². The molecular weight excluding hydrogens is 274 g/mol. The van der Waals surface area contributed by atoms with E-state index in [1.807, 2.05) is 0 Å². The maximum atomic E-state index is 11.8. The third-order valence-electron chi connectivity index (χ3n) is 2.41. The van der Waals surface area contributed by atoms with E-state index in [1.54, 1.807) is 26.0 Å². The van der Waals surface area contributed by atoms with Gasteiger partial charge in [-0.2, -0.15) is 0 Å². The van der Waals surface area contributed by atoms with Crippen LogP contribution in [-0.2, 0) is 26.4 Å². The van der Waals surface area contributed by atoms with Crippen LogP contribution >= 0.6 is 0 Å². The van der Waals surface area contributed by atoms with E-state index in [0.717, 1.165) is 6.26 Å². The lowest BCUT2D eigenvalue weighted by molar-refractivity contribution is 0.585. The van der Waals surface area contributed by atoms with Crippen molar-refractivity contribution < 1.29 is 16.8 Å². The van der Waals surface area contributed by atoms with Gasteiger partial charge in [0.05, 0.1) is 16.4 Å². The van der Waals surface area contributed by atoms with Gasteiger partial charge in [0.1, 0.15) is 0 Å². The minimum absolute atomic E-state index is 0.154. The Morgan fingerprint density at radius 2 is 1.56 bits per heavy atom. The van der Waals surface area contributed by atoms with Crippen LogP contribution in [0.4, 0.5) is 0 Å². The van der Waals surface area contributed by atoms with Crippen molar-refractivity contribution in [1.82, 2.24) is 4.72 Å². The van der Waals surface area contributed by atoms with Crippen LogP contribution in [0.2, 0.25) is 0 Å². The summed E-state index contributed by atoms with van der Waals surface area (Å²) < 4.78 is 47.9. The topological polar surface area (TPSA) is 80.3 Å². The van der Waals surface area contributed by atoms with Crippen LogP contribution in [0.5, 0.6) is 0 Å². The molecule has 7 heteroatoms. The quantitative estimate of drug-likeness (QED) is 0.874. The van der Waals surface area contributed by atoms with Crippen LogP contribution in [0, 0.1) is 0 Å². The molecule has 0 saturated heterocycles. The van der Waals surface area contributed by atoms with Gasteiger partial charge in [-0.05, 0) is 31.5 Å². The Kier molecular flexibility index (Phi) is 4.52. The molecule has 5 nitrogen and oxygen atoms in total. The van der Waals surface area contributed by atoms with Crippen molar-refractivity contribution in [2.24, 2.45) is 0 Å². The fraction of sp³-hybridized carbons (Fsp3) is 0.455. The Hall–Kier alpha value is -0.920. The molecule has 0 bridgehead atoms. The molecule has 0 aliphatic heterocycles. The largest absolute Gasteiger partial charge is 0.223 e. The summed E-state index contributed by atoms with van der Waals surface area (Å²) in [4.78, 5) is 0.251. The molecule has 0 fully saturated rings. The van der Waals surface area contributed by atoms with Crippen LogP contribution in [-0.4, -0.2) is 28.3 Å². The Morgan fingerprint density at radius 1 is 1.06 bits per heavy atom. The zero-order valence-corrected chi connectivity index (χ0v) is 12.2. The van der Waals surface area contributed by atoms with Crippen molar-refractivity contribution in [3.63, 3.8) is 0 Å². The SMILES string of the molecule is CC(C)S(=O)(=O)c1ccc(CNS(C)(=O)=O)cc1. The van der Waals surface area contributed by atoms with Gasteiger partial charge in [-0.25, -0.2) is 21.6 Å². The Morgan fingerprint density at radius 3 is 1.94 bits per heavy atom. The summed E-state index contributed by atoms with van der Waals surface area (Å²) >= 11 is 0. The van der Waals surface area contributed by atoms with Crippen molar-refractivity contribution in [3.8, 4) is 0 Å². The van der Waals surface area contributed by atoms with Crippen LogP contribution < -0.4 is 4.72 Å². The van der Waals surface area contributed by atoms with Crippen LogP contribution in [0.15, 0.2) is 29.2 Å². The van der Waals surface area contributed by atoms with E-state index in [-0.39, 0.29) is 11.4 Å². The van der Waals surface area contributed by atoms with Gasteiger partial charge in [0.2, 0.25) is 10.0 Å². The first kappa shape index (κ1) is 15.1. The van der Waals surface area contributed by atoms with Gasteiger partial charge in [0.25, 0.3) is 0 Å². The molecular formula is C11H17NO4S2. The van der Waals surface area contributed by atoms with E-state index in [2.05, 4.69) is 4.72 Å². The number of sulfone groups is 1. The maximum absolute atomic E-state index is 11.8. The van der Waals surface area contributed by atoms with Crippen LogP contribution in [0.3, 0.4) is 0 Å². The molecule has 1 N–H and O–H groups in total. The number of sulfonamides is 1. The zero-order chi connectivity index (χ0) is 14.0. The summed E-state index contributed by atoms with van der Waals surface area (Å²) in [6.07, 6.45) is 1.07. The number of nitrogens with one attached hydrogen (secondary N) is 1. The maximum Gasteiger partial charge on any atom is 0.209 e. The highest BCUT2D eigenvalue weighted by Gasteiger charge is 2.18. The van der Waals surface area contributed by atoms with E-state index >= 15 is 0 Å². The molecule has 0 heterocycles. The minimum atomic E-state index is -3.28. The second kappa shape index (κ2) is 5.38. The summed E-state index contributed by atoms with van der Waals surface area (Å²) in [6.45, 7) is 3.39. The first-order chi connectivity index (χ1) is 8.13. The molecule has 0 unspecified atom stereocenters. The lowest BCUT2D eigenvalue weighted by Gasteiger charge is -2.08. The molecule has 1 aromatic rings. The molecule has 102 valence electrons. The average molecular weight is 291 g/mol. The monoisotopic (exact) mass is 291 g/mol. The van der Waals surface area contributed by atoms with E-state index in [1.165, 1.54) is 12.1 Å². The molecule has 0 atom stereocenters. The Balaban J connectivity index is 2.88. The van der Waals surface area contributed by atoms with Gasteiger partial charge < -0.3 is 0 Å². The smallest absolute Gasteiger partial charge is 0.209 e. The third kappa shape index (κ3) is 4.08. The number of rotatable bonds is 5. The molecule has 18 heavy (non-hydrogen) atoms. The Bertz CT molecular complexity index is 601. The van der Waals surface area contributed by atoms with E-state index in [4.69, 9.17) is 0 Å². The highest BCUT2D eigenvalue weighted by atomic mass is 32.2. The molecule has 0 aliphatic carbocycles. The van der Waals surface area contributed by atoms with Crippen LogP contribution in [0.1, 0.15) is 19.4 Å². The van der Waals surface area contributed by atoms with Gasteiger partial charge in [-0.1, -0.05) is 12.1 Å². The van der Waals surface area contributed by atoms with Gasteiger partial charge in [0, 0.05) is 6.54 Å². The summed E-state index contributed by atoms with van der Waals surface area (Å²) in [6, 6.07) is 6.20. The molecule has 1 aromatic carbocycles. The summed E-state index contributed by atoms with van der Waals surface area (Å²) in [5.41, 5.74) is 0.711. The Labute approximate surface area is 108 Å². The van der Waals surface area contributed by atoms with Gasteiger partial charge in [-0.3, -0.25) is 0 Å². The van der Waals surface area contributed by atoms with Crippen molar-refractivity contribution in [1.29, 1.82) is 0 Å². The van der Waals surface area contributed by atoms with E-state index < -0.39 is 25.1 Å². The summed E-state index contributed by atoms with van der Waals surface area (Å²) in [5, 5.41) is -0.475. The highest BCUT2D eigenvalue weighted by Crippen LogP contribution is 2.16. The lowest BCUT2D eigenvalue weighted by atomic mass is 10.2. The predicted octanol–water partition coefficient (Wildman–Crippen LogP) is 0.918. The van der Waals surface area contributed by atoms with E-state index in [0.29, 0.717) is 5.56 Å². The average Bonchev–Trinajstić information content (AvgIpc) is 2.26. The molecule has 0 saturated carbocycles. The third-order valence-corrected chi connectivity index (χ3v) is 5.25. The van der Waals surface area contributed by atoms with Gasteiger partial charge in [-0.15, -0.1) is 0 Å². The van der Waals surface area contributed by atoms with Gasteiger partial charge >= 0.3 is 0 Å². The normalized spacial score (nSPS) is 12.9. The second-order valence-corrected chi connectivity index (χ2v) is 8.67. The number of hydrogen-bond donors (Lipinski definition) is 1. The number of hydrogen-bond acceptors (Lipinski definition) is 4. The lowest BCUT2D eigenvalue weighted by Crippen LogP contribution is -2.21. The van der Waals surface area contributed by atoms with Crippen molar-refractivity contribution >= 4 is 19.9 Å². The summed E-state index contributed by atoms with van der Waals surface area (Å²) in [7, 11) is -6.52. The summed E-state index contributed by atoms with van der Waals surface area (Å²) in [5.74, 6) is 0. The molecule has 0 aromatic heterocycles. The highest BCUT2D eigenvalue weighted by molar-refractivity contribution is 7.92. The first-order valence-corrected chi connectivity index (χ1v) is 8.84. The molecule has 1 rings (SSSR count). The molecule has 0 radical (unpaired) electrons. The molecule has 0 aliphatic rings. The zero-order valence-electron chi connectivity index (χ0n) is 10.5.